The highest BCUT2D eigenvalue weighted by atomic mass is 35.5. The summed E-state index contributed by atoms with van der Waals surface area (Å²) in [5.41, 5.74) is 1.42. The number of halogens is 1. The van der Waals surface area contributed by atoms with Crippen LogP contribution in [-0.4, -0.2) is 51.9 Å². The SMILES string of the molecule is Cc1oc(-c2ccc(Cl)cc2)nc1C[S@](=O)CC(=O)NCCCN1C[C@H](C)C[C@H](C)C1. The molecule has 8 heteroatoms. The molecule has 0 aliphatic carbocycles. The summed E-state index contributed by atoms with van der Waals surface area (Å²) in [6.07, 6.45) is 2.20. The van der Waals surface area contributed by atoms with Crippen molar-refractivity contribution in [3.8, 4) is 11.5 Å². The summed E-state index contributed by atoms with van der Waals surface area (Å²) < 4.78 is 18.2. The molecule has 2 aromatic rings. The van der Waals surface area contributed by atoms with Gasteiger partial charge < -0.3 is 14.6 Å². The van der Waals surface area contributed by atoms with Gasteiger partial charge in [0.2, 0.25) is 11.8 Å². The van der Waals surface area contributed by atoms with Gasteiger partial charge in [-0.25, -0.2) is 4.98 Å². The molecule has 0 saturated carbocycles. The van der Waals surface area contributed by atoms with Crippen LogP contribution in [0.5, 0.6) is 0 Å². The number of rotatable bonds is 9. The van der Waals surface area contributed by atoms with E-state index < -0.39 is 10.8 Å². The molecule has 1 aliphatic heterocycles. The van der Waals surface area contributed by atoms with Crippen LogP contribution < -0.4 is 5.32 Å². The lowest BCUT2D eigenvalue weighted by molar-refractivity contribution is -0.118. The Bertz CT molecular complexity index is 890. The van der Waals surface area contributed by atoms with Gasteiger partial charge in [-0.3, -0.25) is 9.00 Å². The van der Waals surface area contributed by atoms with Gasteiger partial charge in [-0.1, -0.05) is 25.4 Å². The Balaban J connectivity index is 1.40. The average Bonchev–Trinajstić information content (AvgIpc) is 3.05. The minimum absolute atomic E-state index is 0.0274. The van der Waals surface area contributed by atoms with Crippen molar-refractivity contribution in [3.63, 3.8) is 0 Å². The fourth-order valence-corrected chi connectivity index (χ4v) is 5.38. The zero-order chi connectivity index (χ0) is 22.4. The maximum absolute atomic E-state index is 12.5. The van der Waals surface area contributed by atoms with Crippen LogP contribution in [-0.2, 0) is 21.3 Å². The minimum Gasteiger partial charge on any atom is -0.441 e. The van der Waals surface area contributed by atoms with Gasteiger partial charge in [-0.15, -0.1) is 0 Å². The summed E-state index contributed by atoms with van der Waals surface area (Å²) >= 11 is 5.92. The molecule has 0 spiro atoms. The van der Waals surface area contributed by atoms with Crippen molar-refractivity contribution in [2.75, 3.05) is 31.9 Å². The quantitative estimate of drug-likeness (QED) is 0.565. The first-order valence-corrected chi connectivity index (χ1v) is 12.7. The molecule has 0 unspecified atom stereocenters. The second-order valence-electron chi connectivity index (χ2n) is 8.67. The van der Waals surface area contributed by atoms with E-state index in [2.05, 4.69) is 29.0 Å². The zero-order valence-corrected chi connectivity index (χ0v) is 20.1. The number of piperidine rings is 1. The molecule has 1 aromatic heterocycles. The van der Waals surface area contributed by atoms with Gasteiger partial charge in [-0.05, 0) is 62.4 Å². The molecule has 1 saturated heterocycles. The monoisotopic (exact) mass is 465 g/mol. The molecule has 170 valence electrons. The van der Waals surface area contributed by atoms with E-state index in [4.69, 9.17) is 16.0 Å². The summed E-state index contributed by atoms with van der Waals surface area (Å²) in [7, 11) is -1.34. The minimum atomic E-state index is -1.34. The fourth-order valence-electron chi connectivity index (χ4n) is 4.18. The number of nitrogens with one attached hydrogen (secondary N) is 1. The first kappa shape index (κ1) is 24.0. The zero-order valence-electron chi connectivity index (χ0n) is 18.5. The molecule has 1 amide bonds. The van der Waals surface area contributed by atoms with E-state index >= 15 is 0 Å². The smallest absolute Gasteiger partial charge is 0.232 e. The van der Waals surface area contributed by atoms with Gasteiger partial charge in [0, 0.05) is 41.0 Å². The number of likely N-dealkylation sites (tertiary alicyclic amines) is 1. The summed E-state index contributed by atoms with van der Waals surface area (Å²) in [6, 6.07) is 7.19. The molecular formula is C23H32ClN3O3S. The molecule has 1 N–H and O–H groups in total. The van der Waals surface area contributed by atoms with Gasteiger partial charge in [0.25, 0.3) is 0 Å². The molecule has 1 aromatic carbocycles. The van der Waals surface area contributed by atoms with Crippen LogP contribution in [0.4, 0.5) is 0 Å². The Morgan fingerprint density at radius 1 is 1.26 bits per heavy atom. The molecule has 31 heavy (non-hydrogen) atoms. The molecular weight excluding hydrogens is 434 g/mol. The molecule has 6 nitrogen and oxygen atoms in total. The van der Waals surface area contributed by atoms with Gasteiger partial charge in [0.15, 0.2) is 0 Å². The standard InChI is InChI=1S/C23H32ClN3O3S/c1-16-11-17(2)13-27(12-16)10-4-9-25-22(28)15-31(29)14-21-18(3)30-23(26-21)19-5-7-20(24)8-6-19/h5-8,16-17H,4,9-15H2,1-3H3,(H,25,28)/t16-,17+,31-/m0/s1. The van der Waals surface area contributed by atoms with Crippen molar-refractivity contribution < 1.29 is 13.4 Å². The molecule has 1 aliphatic rings. The van der Waals surface area contributed by atoms with Crippen LogP contribution >= 0.6 is 11.6 Å². The summed E-state index contributed by atoms with van der Waals surface area (Å²) in [6.45, 7) is 10.3. The number of nitrogens with zero attached hydrogens (tertiary/aromatic N) is 2. The predicted octanol–water partition coefficient (Wildman–Crippen LogP) is 4.04. The Kier molecular flexibility index (Phi) is 8.69. The lowest BCUT2D eigenvalue weighted by atomic mass is 9.92. The number of aromatic nitrogens is 1. The van der Waals surface area contributed by atoms with Crippen molar-refractivity contribution in [2.45, 2.75) is 39.4 Å². The molecule has 1 fully saturated rings. The molecule has 3 atom stereocenters. The van der Waals surface area contributed by atoms with Crippen LogP contribution in [0.3, 0.4) is 0 Å². The van der Waals surface area contributed by atoms with Crippen LogP contribution in [0.25, 0.3) is 11.5 Å². The van der Waals surface area contributed by atoms with Crippen LogP contribution in [0.2, 0.25) is 5.02 Å². The molecule has 0 bridgehead atoms. The van der Waals surface area contributed by atoms with Crippen molar-refractivity contribution in [3.05, 3.63) is 40.7 Å². The Hall–Kier alpha value is -1.70. The second-order valence-corrected chi connectivity index (χ2v) is 10.6. The third-order valence-electron chi connectivity index (χ3n) is 5.49. The van der Waals surface area contributed by atoms with Gasteiger partial charge in [0.05, 0.1) is 11.4 Å². The van der Waals surface area contributed by atoms with Gasteiger partial charge in [-0.2, -0.15) is 0 Å². The number of carbonyl (C=O) groups is 1. The first-order valence-electron chi connectivity index (χ1n) is 10.9. The highest BCUT2D eigenvalue weighted by Crippen LogP contribution is 2.24. The van der Waals surface area contributed by atoms with Gasteiger partial charge in [0.1, 0.15) is 11.5 Å². The van der Waals surface area contributed by atoms with Crippen LogP contribution in [0.1, 0.15) is 38.1 Å². The summed E-state index contributed by atoms with van der Waals surface area (Å²) in [5.74, 6) is 2.54. The Labute approximate surface area is 192 Å². The van der Waals surface area contributed by atoms with Crippen LogP contribution in [0, 0.1) is 18.8 Å². The third-order valence-corrected chi connectivity index (χ3v) is 6.92. The fraction of sp³-hybridized carbons (Fsp3) is 0.565. The Morgan fingerprint density at radius 2 is 1.94 bits per heavy atom. The number of benzene rings is 1. The van der Waals surface area contributed by atoms with Crippen LogP contribution in [0.15, 0.2) is 28.7 Å². The second kappa shape index (κ2) is 11.2. The molecule has 3 rings (SSSR count). The lowest BCUT2D eigenvalue weighted by Gasteiger charge is -2.34. The number of hydrogen-bond donors (Lipinski definition) is 1. The molecule has 2 heterocycles. The maximum atomic E-state index is 12.5. The van der Waals surface area contributed by atoms with E-state index in [-0.39, 0.29) is 17.4 Å². The van der Waals surface area contributed by atoms with E-state index in [1.165, 1.54) is 6.42 Å². The number of hydrogen-bond acceptors (Lipinski definition) is 5. The summed E-state index contributed by atoms with van der Waals surface area (Å²) in [4.78, 5) is 19.1. The highest BCUT2D eigenvalue weighted by molar-refractivity contribution is 7.84. The van der Waals surface area contributed by atoms with Crippen molar-refractivity contribution in [2.24, 2.45) is 11.8 Å². The van der Waals surface area contributed by atoms with E-state index in [1.54, 1.807) is 19.1 Å². The first-order chi connectivity index (χ1) is 14.8. The number of amides is 1. The topological polar surface area (TPSA) is 75.4 Å². The van der Waals surface area contributed by atoms with E-state index in [0.717, 1.165) is 43.5 Å². The number of oxazole rings is 1. The van der Waals surface area contributed by atoms with Crippen molar-refractivity contribution in [1.29, 1.82) is 0 Å². The van der Waals surface area contributed by atoms with E-state index in [0.29, 0.717) is 28.9 Å². The third kappa shape index (κ3) is 7.44. The predicted molar refractivity (Wildman–Crippen MR) is 125 cm³/mol. The molecule has 0 radical (unpaired) electrons. The van der Waals surface area contributed by atoms with E-state index in [9.17, 15) is 9.00 Å². The maximum Gasteiger partial charge on any atom is 0.232 e. The van der Waals surface area contributed by atoms with Crippen molar-refractivity contribution in [1.82, 2.24) is 15.2 Å². The average molecular weight is 466 g/mol. The lowest BCUT2D eigenvalue weighted by Crippen LogP contribution is -2.40. The normalized spacial score (nSPS) is 20.5. The highest BCUT2D eigenvalue weighted by Gasteiger charge is 2.21. The Morgan fingerprint density at radius 3 is 2.61 bits per heavy atom. The number of carbonyl (C=O) groups excluding carboxylic acids is 1. The van der Waals surface area contributed by atoms with Crippen molar-refractivity contribution >= 4 is 28.3 Å². The largest absolute Gasteiger partial charge is 0.441 e. The number of aryl methyl sites for hydroxylation is 1. The van der Waals surface area contributed by atoms with Gasteiger partial charge >= 0.3 is 0 Å². The van der Waals surface area contributed by atoms with E-state index in [1.807, 2.05) is 12.1 Å². The summed E-state index contributed by atoms with van der Waals surface area (Å²) in [5, 5.41) is 3.54.